The summed E-state index contributed by atoms with van der Waals surface area (Å²) in [5.41, 5.74) is -0.971. The average Bonchev–Trinajstić information content (AvgIpc) is 3.67. The van der Waals surface area contributed by atoms with Crippen molar-refractivity contribution in [3.05, 3.63) is 94.8 Å². The third-order valence-electron chi connectivity index (χ3n) is 6.70. The summed E-state index contributed by atoms with van der Waals surface area (Å²) in [5, 5.41) is 15.5. The number of alkyl halides is 3. The number of imidazole rings is 1. The van der Waals surface area contributed by atoms with Crippen molar-refractivity contribution < 1.29 is 41.3 Å². The number of amides is 1. The summed E-state index contributed by atoms with van der Waals surface area (Å²) in [4.78, 5) is 20.1. The molecule has 4 aromatic rings. The van der Waals surface area contributed by atoms with Crippen LogP contribution >= 0.6 is 0 Å². The molecular formula is C30H27F5N4O4. The van der Waals surface area contributed by atoms with E-state index >= 15 is 0 Å². The predicted molar refractivity (Wildman–Crippen MR) is 148 cm³/mol. The highest BCUT2D eigenvalue weighted by molar-refractivity contribution is 6.06. The van der Waals surface area contributed by atoms with Crippen molar-refractivity contribution in [2.75, 3.05) is 23.8 Å². The van der Waals surface area contributed by atoms with Gasteiger partial charge in [-0.25, -0.2) is 13.8 Å². The molecule has 0 radical (unpaired) electrons. The molecule has 1 aliphatic carbocycles. The number of aryl methyl sites for hydroxylation is 1. The first kappa shape index (κ1) is 29.8. The van der Waals surface area contributed by atoms with Gasteiger partial charge in [-0.15, -0.1) is 0 Å². The highest BCUT2D eigenvalue weighted by Crippen LogP contribution is 2.48. The maximum absolute atomic E-state index is 14.5. The maximum Gasteiger partial charge on any atom is 0.416 e. The minimum Gasteiger partial charge on any atom is -0.488 e. The van der Waals surface area contributed by atoms with Crippen LogP contribution in [0.5, 0.6) is 17.2 Å². The highest BCUT2D eigenvalue weighted by Gasteiger charge is 2.40. The number of benzene rings is 3. The predicted octanol–water partition coefficient (Wildman–Crippen LogP) is 6.79. The van der Waals surface area contributed by atoms with Gasteiger partial charge in [-0.05, 0) is 79.3 Å². The zero-order valence-electron chi connectivity index (χ0n) is 22.8. The van der Waals surface area contributed by atoms with Gasteiger partial charge in [0, 0.05) is 30.7 Å². The van der Waals surface area contributed by atoms with Crippen molar-refractivity contribution in [2.24, 2.45) is 0 Å². The van der Waals surface area contributed by atoms with Gasteiger partial charge in [0.15, 0.2) is 17.5 Å². The number of H-pyrrole nitrogens is 1. The summed E-state index contributed by atoms with van der Waals surface area (Å²) in [5.74, 6) is -2.45. The van der Waals surface area contributed by atoms with Crippen LogP contribution < -0.4 is 20.1 Å². The number of nitrogens with one attached hydrogen (secondary N) is 3. The molecule has 4 N–H and O–H groups in total. The van der Waals surface area contributed by atoms with E-state index in [2.05, 4.69) is 20.6 Å². The first-order valence-corrected chi connectivity index (χ1v) is 13.3. The molecule has 1 fully saturated rings. The van der Waals surface area contributed by atoms with Crippen molar-refractivity contribution in [2.45, 2.75) is 38.0 Å². The Hall–Kier alpha value is -4.65. The van der Waals surface area contributed by atoms with E-state index < -0.39 is 40.9 Å². The van der Waals surface area contributed by atoms with Crippen LogP contribution in [0.4, 0.5) is 33.6 Å². The zero-order valence-corrected chi connectivity index (χ0v) is 22.8. The SMILES string of the molecule is Cc1cc(F)ccc1Oc1cc(C2CC2)c(C(F)(F)F)cc1C(=O)Nc1ccc(F)c(OCC(O)CNc2ncc[nH]2)c1. The van der Waals surface area contributed by atoms with Crippen LogP contribution in [0.2, 0.25) is 0 Å². The van der Waals surface area contributed by atoms with Crippen molar-refractivity contribution in [1.29, 1.82) is 0 Å². The van der Waals surface area contributed by atoms with Crippen LogP contribution in [0, 0.1) is 18.6 Å². The highest BCUT2D eigenvalue weighted by atomic mass is 19.4. The van der Waals surface area contributed by atoms with Crippen LogP contribution in [0.1, 0.15) is 45.8 Å². The fourth-order valence-corrected chi connectivity index (χ4v) is 4.39. The summed E-state index contributed by atoms with van der Waals surface area (Å²) in [7, 11) is 0. The molecular weight excluding hydrogens is 575 g/mol. The Kier molecular flexibility index (Phi) is 8.53. The average molecular weight is 603 g/mol. The van der Waals surface area contributed by atoms with Crippen LogP contribution in [0.3, 0.4) is 0 Å². The number of carbonyl (C=O) groups excluding carboxylic acids is 1. The van der Waals surface area contributed by atoms with Crippen molar-refractivity contribution >= 4 is 17.5 Å². The maximum atomic E-state index is 14.5. The quantitative estimate of drug-likeness (QED) is 0.141. The molecule has 43 heavy (non-hydrogen) atoms. The van der Waals surface area contributed by atoms with E-state index in [4.69, 9.17) is 9.47 Å². The number of hydrogen-bond acceptors (Lipinski definition) is 6. The number of aliphatic hydroxyl groups is 1. The Balaban J connectivity index is 1.38. The van der Waals surface area contributed by atoms with Gasteiger partial charge in [0.1, 0.15) is 30.0 Å². The number of halogens is 5. The van der Waals surface area contributed by atoms with Gasteiger partial charge in [-0.1, -0.05) is 0 Å². The monoisotopic (exact) mass is 602 g/mol. The lowest BCUT2D eigenvalue weighted by Gasteiger charge is -2.19. The van der Waals surface area contributed by atoms with Crippen molar-refractivity contribution in [1.82, 2.24) is 9.97 Å². The molecule has 0 spiro atoms. The van der Waals surface area contributed by atoms with Crippen LogP contribution in [-0.2, 0) is 6.18 Å². The number of aliphatic hydroxyl groups excluding tert-OH is 1. The van der Waals surface area contributed by atoms with Crippen LogP contribution in [0.15, 0.2) is 60.9 Å². The van der Waals surface area contributed by atoms with E-state index in [0.29, 0.717) is 24.4 Å². The lowest BCUT2D eigenvalue weighted by molar-refractivity contribution is -0.138. The minimum atomic E-state index is -4.74. The third kappa shape index (κ3) is 7.41. The van der Waals surface area contributed by atoms with Crippen LogP contribution in [-0.4, -0.2) is 40.2 Å². The largest absolute Gasteiger partial charge is 0.488 e. The van der Waals surface area contributed by atoms with Gasteiger partial charge in [0.25, 0.3) is 5.91 Å². The van der Waals surface area contributed by atoms with Gasteiger partial charge in [0.2, 0.25) is 0 Å². The lowest BCUT2D eigenvalue weighted by atomic mass is 9.98. The molecule has 3 aromatic carbocycles. The molecule has 1 unspecified atom stereocenters. The van der Waals surface area contributed by atoms with E-state index in [1.807, 2.05) is 0 Å². The number of nitrogens with zero attached hydrogens (tertiary/aromatic N) is 1. The summed E-state index contributed by atoms with van der Waals surface area (Å²) < 4.78 is 81.5. The van der Waals surface area contributed by atoms with E-state index in [0.717, 1.165) is 24.3 Å². The number of anilines is 2. The third-order valence-corrected chi connectivity index (χ3v) is 6.70. The molecule has 226 valence electrons. The summed E-state index contributed by atoms with van der Waals surface area (Å²) in [6, 6.07) is 8.97. The number of rotatable bonds is 11. The summed E-state index contributed by atoms with van der Waals surface area (Å²) >= 11 is 0. The molecule has 1 amide bonds. The Labute approximate surface area is 242 Å². The fourth-order valence-electron chi connectivity index (χ4n) is 4.39. The van der Waals surface area contributed by atoms with Gasteiger partial charge >= 0.3 is 6.18 Å². The number of ether oxygens (including phenoxy) is 2. The molecule has 1 heterocycles. The van der Waals surface area contributed by atoms with Gasteiger partial charge in [-0.3, -0.25) is 4.79 Å². The Bertz CT molecular complexity index is 1610. The molecule has 13 heteroatoms. The summed E-state index contributed by atoms with van der Waals surface area (Å²) in [6.07, 6.45) is -1.55. The molecule has 1 saturated carbocycles. The molecule has 1 aromatic heterocycles. The molecule has 0 aliphatic heterocycles. The first-order chi connectivity index (χ1) is 20.5. The molecule has 0 bridgehead atoms. The Morgan fingerprint density at radius 2 is 1.88 bits per heavy atom. The Morgan fingerprint density at radius 1 is 1.09 bits per heavy atom. The fraction of sp³-hybridized carbons (Fsp3) is 0.267. The normalized spacial score (nSPS) is 13.8. The Morgan fingerprint density at radius 3 is 2.56 bits per heavy atom. The molecule has 8 nitrogen and oxygen atoms in total. The van der Waals surface area contributed by atoms with E-state index in [9.17, 15) is 31.9 Å². The zero-order chi connectivity index (χ0) is 30.7. The van der Waals surface area contributed by atoms with E-state index in [-0.39, 0.29) is 47.6 Å². The number of aromatic nitrogens is 2. The second-order valence-electron chi connectivity index (χ2n) is 10.1. The number of aromatic amines is 1. The standard InChI is InChI=1S/C30H27F5N4O4/c1-16-10-18(31)4-7-25(16)43-26-13-21(17-2-3-17)23(30(33,34)35)12-22(26)28(41)39-19-5-6-24(32)27(11-19)42-15-20(40)14-38-29-36-8-9-37-29/h4-13,17,20,40H,2-3,14-15H2,1H3,(H,39,41)(H2,36,37,38). The van der Waals surface area contributed by atoms with E-state index in [1.165, 1.54) is 30.5 Å². The molecule has 5 rings (SSSR count). The smallest absolute Gasteiger partial charge is 0.416 e. The minimum absolute atomic E-state index is 0.0105. The molecule has 1 aliphatic rings. The van der Waals surface area contributed by atoms with Gasteiger partial charge in [0.05, 0.1) is 11.1 Å². The second-order valence-corrected chi connectivity index (χ2v) is 10.1. The van der Waals surface area contributed by atoms with Crippen molar-refractivity contribution in [3.8, 4) is 17.2 Å². The second kappa shape index (κ2) is 12.3. The molecule has 1 atom stereocenters. The summed E-state index contributed by atoms with van der Waals surface area (Å²) in [6.45, 7) is 1.29. The molecule has 0 saturated heterocycles. The number of hydrogen-bond donors (Lipinski definition) is 4. The van der Waals surface area contributed by atoms with Crippen LogP contribution in [0.25, 0.3) is 0 Å². The topological polar surface area (TPSA) is 108 Å². The number of carbonyl (C=O) groups is 1. The first-order valence-electron chi connectivity index (χ1n) is 13.3. The van der Waals surface area contributed by atoms with Gasteiger partial charge in [-0.2, -0.15) is 13.2 Å². The van der Waals surface area contributed by atoms with Crippen molar-refractivity contribution in [3.63, 3.8) is 0 Å². The van der Waals surface area contributed by atoms with Gasteiger partial charge < -0.3 is 30.2 Å². The van der Waals surface area contributed by atoms with E-state index in [1.54, 1.807) is 13.1 Å². The lowest BCUT2D eigenvalue weighted by Crippen LogP contribution is -2.26.